The molecule has 3 aromatic rings. The van der Waals surface area contributed by atoms with Gasteiger partial charge >= 0.3 is 0 Å². The number of amides is 1. The van der Waals surface area contributed by atoms with Gasteiger partial charge in [0.2, 0.25) is 0 Å². The number of aromatic nitrogens is 1. The molecule has 0 saturated carbocycles. The lowest BCUT2D eigenvalue weighted by Gasteiger charge is -2.26. The molecule has 0 aliphatic carbocycles. The number of hydrogen-bond donors (Lipinski definition) is 2. The van der Waals surface area contributed by atoms with E-state index in [0.717, 1.165) is 5.56 Å². The third-order valence-electron chi connectivity index (χ3n) is 6.25. The van der Waals surface area contributed by atoms with E-state index in [4.69, 9.17) is 9.47 Å². The number of aliphatic hydroxyl groups is 1. The summed E-state index contributed by atoms with van der Waals surface area (Å²) in [6, 6.07) is 12.5. The Morgan fingerprint density at radius 2 is 1.89 bits per heavy atom. The molecule has 0 spiro atoms. The quantitative estimate of drug-likeness (QED) is 0.230. The molecule has 0 bridgehead atoms. The fourth-order valence-electron chi connectivity index (χ4n) is 4.45. The van der Waals surface area contributed by atoms with Crippen LogP contribution in [0.3, 0.4) is 0 Å². The number of pyridine rings is 1. The summed E-state index contributed by atoms with van der Waals surface area (Å²) >= 11 is 0. The molecular formula is C30H32N2O6. The molecule has 1 fully saturated rings. The average molecular weight is 517 g/mol. The van der Waals surface area contributed by atoms with Gasteiger partial charge in [-0.15, -0.1) is 0 Å². The Kier molecular flexibility index (Phi) is 8.00. The van der Waals surface area contributed by atoms with Gasteiger partial charge in [-0.2, -0.15) is 0 Å². The molecule has 0 radical (unpaired) electrons. The molecule has 8 heteroatoms. The zero-order valence-electron chi connectivity index (χ0n) is 22.0. The number of ketones is 1. The van der Waals surface area contributed by atoms with E-state index in [0.29, 0.717) is 41.6 Å². The largest absolute Gasteiger partial charge is 0.507 e. The second kappa shape index (κ2) is 11.4. The van der Waals surface area contributed by atoms with Crippen molar-refractivity contribution in [2.75, 3.05) is 13.2 Å². The number of aliphatic hydroxyl groups excluding tert-OH is 1. The monoisotopic (exact) mass is 516 g/mol. The van der Waals surface area contributed by atoms with Gasteiger partial charge in [0.1, 0.15) is 11.5 Å². The topological polar surface area (TPSA) is 109 Å². The Balaban J connectivity index is 1.83. The highest BCUT2D eigenvalue weighted by Gasteiger charge is 2.46. The molecule has 0 unspecified atom stereocenters. The van der Waals surface area contributed by atoms with Crippen molar-refractivity contribution in [3.8, 4) is 17.2 Å². The predicted octanol–water partition coefficient (Wildman–Crippen LogP) is 5.15. The van der Waals surface area contributed by atoms with Gasteiger partial charge in [-0.3, -0.25) is 14.6 Å². The van der Waals surface area contributed by atoms with Crippen LogP contribution in [0.4, 0.5) is 0 Å². The van der Waals surface area contributed by atoms with Crippen LogP contribution >= 0.6 is 0 Å². The lowest BCUT2D eigenvalue weighted by molar-refractivity contribution is -0.140. The van der Waals surface area contributed by atoms with Crippen LogP contribution in [0.2, 0.25) is 0 Å². The zero-order valence-corrected chi connectivity index (χ0v) is 22.0. The smallest absolute Gasteiger partial charge is 0.295 e. The van der Waals surface area contributed by atoms with E-state index in [1.54, 1.807) is 55.7 Å². The summed E-state index contributed by atoms with van der Waals surface area (Å²) in [5.41, 5.74) is 2.33. The summed E-state index contributed by atoms with van der Waals surface area (Å²) < 4.78 is 11.4. The maximum atomic E-state index is 13.4. The Bertz CT molecular complexity index is 1370. The van der Waals surface area contributed by atoms with Crippen LogP contribution in [0, 0.1) is 12.8 Å². The van der Waals surface area contributed by atoms with E-state index in [1.807, 2.05) is 13.0 Å². The molecule has 1 amide bonds. The summed E-state index contributed by atoms with van der Waals surface area (Å²) in [6.45, 7) is 8.68. The van der Waals surface area contributed by atoms with E-state index in [2.05, 4.69) is 18.8 Å². The first-order valence-electron chi connectivity index (χ1n) is 12.6. The molecule has 1 saturated heterocycles. The number of phenolic OH excluding ortho intramolecular Hbond substituents is 1. The lowest BCUT2D eigenvalue weighted by Crippen LogP contribution is -2.29. The number of ether oxygens (including phenoxy) is 2. The van der Waals surface area contributed by atoms with Crippen LogP contribution in [-0.4, -0.2) is 45.0 Å². The van der Waals surface area contributed by atoms with Gasteiger partial charge < -0.3 is 24.6 Å². The third-order valence-corrected chi connectivity index (χ3v) is 6.25. The van der Waals surface area contributed by atoms with Gasteiger partial charge in [0.25, 0.3) is 11.7 Å². The number of rotatable bonds is 9. The number of likely N-dealkylation sites (tertiary alicyclic amines) is 1. The number of carbonyl (C=O) groups is 2. The highest BCUT2D eigenvalue weighted by Crippen LogP contribution is 2.43. The molecule has 8 nitrogen and oxygen atoms in total. The number of carbonyl (C=O) groups excluding carboxylic acids is 2. The van der Waals surface area contributed by atoms with Gasteiger partial charge in [-0.1, -0.05) is 26.0 Å². The van der Waals surface area contributed by atoms with E-state index in [9.17, 15) is 19.8 Å². The van der Waals surface area contributed by atoms with Crippen molar-refractivity contribution in [1.82, 2.24) is 9.88 Å². The molecule has 1 aromatic heterocycles. The van der Waals surface area contributed by atoms with Gasteiger partial charge in [-0.05, 0) is 72.9 Å². The minimum absolute atomic E-state index is 0.0361. The van der Waals surface area contributed by atoms with E-state index in [-0.39, 0.29) is 29.4 Å². The number of Topliss-reactive ketones (excluding diaryl/α,β-unsaturated/α-hetero) is 1. The Morgan fingerprint density at radius 1 is 1.11 bits per heavy atom. The highest BCUT2D eigenvalue weighted by molar-refractivity contribution is 6.46. The van der Waals surface area contributed by atoms with Crippen molar-refractivity contribution in [1.29, 1.82) is 0 Å². The first-order chi connectivity index (χ1) is 18.2. The van der Waals surface area contributed by atoms with Crippen molar-refractivity contribution in [2.45, 2.75) is 40.3 Å². The molecule has 198 valence electrons. The van der Waals surface area contributed by atoms with Gasteiger partial charge in [-0.25, -0.2) is 0 Å². The van der Waals surface area contributed by atoms with Crippen LogP contribution in [0.1, 0.15) is 49.1 Å². The minimum Gasteiger partial charge on any atom is -0.507 e. The van der Waals surface area contributed by atoms with Crippen LogP contribution in [-0.2, 0) is 16.1 Å². The van der Waals surface area contributed by atoms with Crippen LogP contribution in [0.5, 0.6) is 17.2 Å². The van der Waals surface area contributed by atoms with Crippen LogP contribution in [0.25, 0.3) is 5.76 Å². The SMILES string of the molecule is CCOc1cc([C@@H]2/C(=C(\O)c3ccc(OCC(C)C)cc3C)C(=O)C(=O)N2Cc2cccnc2)ccc1O. The average Bonchev–Trinajstić information content (AvgIpc) is 3.14. The van der Waals surface area contributed by atoms with Crippen LogP contribution < -0.4 is 9.47 Å². The molecular weight excluding hydrogens is 484 g/mol. The summed E-state index contributed by atoms with van der Waals surface area (Å²) in [6.07, 6.45) is 3.25. The second-order valence-electron chi connectivity index (χ2n) is 9.63. The normalized spacial score (nSPS) is 16.8. The third kappa shape index (κ3) is 5.49. The maximum absolute atomic E-state index is 13.4. The van der Waals surface area contributed by atoms with Gasteiger partial charge in [0.05, 0.1) is 24.8 Å². The summed E-state index contributed by atoms with van der Waals surface area (Å²) in [4.78, 5) is 32.2. The number of nitrogens with zero attached hydrogens (tertiary/aromatic N) is 2. The van der Waals surface area contributed by atoms with Gasteiger partial charge in [0.15, 0.2) is 11.5 Å². The van der Waals surface area contributed by atoms with E-state index < -0.39 is 17.7 Å². The summed E-state index contributed by atoms with van der Waals surface area (Å²) in [5, 5.41) is 21.7. The fraction of sp³-hybridized carbons (Fsp3) is 0.300. The number of phenols is 1. The fourth-order valence-corrected chi connectivity index (χ4v) is 4.45. The highest BCUT2D eigenvalue weighted by atomic mass is 16.5. The molecule has 2 aromatic carbocycles. The first-order valence-corrected chi connectivity index (χ1v) is 12.6. The number of benzene rings is 2. The number of aromatic hydroxyl groups is 1. The van der Waals surface area contributed by atoms with Crippen molar-refractivity contribution in [3.05, 3.63) is 88.8 Å². The Morgan fingerprint density at radius 3 is 2.55 bits per heavy atom. The predicted molar refractivity (Wildman–Crippen MR) is 143 cm³/mol. The molecule has 1 aliphatic heterocycles. The maximum Gasteiger partial charge on any atom is 0.295 e. The van der Waals surface area contributed by atoms with Crippen LogP contribution in [0.15, 0.2) is 66.5 Å². The molecule has 2 heterocycles. The number of aryl methyl sites for hydroxylation is 1. The van der Waals surface area contributed by atoms with E-state index >= 15 is 0 Å². The van der Waals surface area contributed by atoms with Crippen molar-refractivity contribution in [2.24, 2.45) is 5.92 Å². The first kappa shape index (κ1) is 26.7. The van der Waals surface area contributed by atoms with Crippen molar-refractivity contribution >= 4 is 17.4 Å². The second-order valence-corrected chi connectivity index (χ2v) is 9.63. The Hall–Kier alpha value is -4.33. The molecule has 1 aliphatic rings. The Labute approximate surface area is 222 Å². The van der Waals surface area contributed by atoms with Crippen molar-refractivity contribution < 1.29 is 29.3 Å². The number of hydrogen-bond acceptors (Lipinski definition) is 7. The molecule has 4 rings (SSSR count). The lowest BCUT2D eigenvalue weighted by atomic mass is 9.93. The van der Waals surface area contributed by atoms with Gasteiger partial charge in [0, 0.05) is 24.5 Å². The molecule has 2 N–H and O–H groups in total. The van der Waals surface area contributed by atoms with Crippen molar-refractivity contribution in [3.63, 3.8) is 0 Å². The zero-order chi connectivity index (χ0) is 27.4. The summed E-state index contributed by atoms with van der Waals surface area (Å²) in [5.74, 6) is -0.636. The minimum atomic E-state index is -0.911. The van der Waals surface area contributed by atoms with E-state index in [1.165, 1.54) is 11.0 Å². The molecule has 1 atom stereocenters. The standard InChI is InChI=1S/C30H32N2O6/c1-5-37-25-14-21(8-11-24(25)33)27-26(29(35)30(36)32(27)16-20-7-6-12-31-15-20)28(34)23-10-9-22(13-19(23)4)38-17-18(2)3/h6-15,18,27,33-34H,5,16-17H2,1-4H3/b28-26+/t27-/m1/s1. The summed E-state index contributed by atoms with van der Waals surface area (Å²) in [7, 11) is 0. The molecule has 38 heavy (non-hydrogen) atoms.